The third-order valence-corrected chi connectivity index (χ3v) is 2.66. The third kappa shape index (κ3) is 1.81. The Labute approximate surface area is 103 Å². The fraction of sp³-hybridized carbons (Fsp3) is 0.0714. The second-order valence-electron chi connectivity index (χ2n) is 3.70. The van der Waals surface area contributed by atoms with E-state index in [9.17, 15) is 9.18 Å². The predicted octanol–water partition coefficient (Wildman–Crippen LogP) is 2.82. The van der Waals surface area contributed by atoms with E-state index >= 15 is 0 Å². The highest BCUT2D eigenvalue weighted by atomic mass is 19.1. The molecule has 18 heavy (non-hydrogen) atoms. The van der Waals surface area contributed by atoms with E-state index in [1.165, 1.54) is 12.1 Å². The summed E-state index contributed by atoms with van der Waals surface area (Å²) in [7, 11) is 0. The number of nitriles is 2. The van der Waals surface area contributed by atoms with Crippen molar-refractivity contribution in [3.8, 4) is 12.1 Å². The maximum absolute atomic E-state index is 13.6. The minimum absolute atomic E-state index is 0.195. The minimum Gasteiger partial charge on any atom is -0.291 e. The number of hydrogen-bond donors (Lipinski definition) is 0. The van der Waals surface area contributed by atoms with Crippen LogP contribution < -0.4 is 0 Å². The normalized spacial score (nSPS) is 10.0. The zero-order valence-electron chi connectivity index (χ0n) is 9.22. The number of ketones is 1. The second kappa shape index (κ2) is 4.65. The Morgan fingerprint density at radius 2 is 1.67 bits per heavy atom. The number of Topliss-reactive ketones (excluding diaryl/α,β-unsaturated/α-hetero) is 1. The van der Waals surface area contributed by atoms with Crippen molar-refractivity contribution in [1.29, 1.82) is 10.5 Å². The molecule has 3 nitrogen and oxygen atoms in total. The molecule has 0 aliphatic carbocycles. The van der Waals surface area contributed by atoms with Gasteiger partial charge in [-0.15, -0.1) is 0 Å². The number of fused-ring (bicyclic) bond motifs is 1. The van der Waals surface area contributed by atoms with Gasteiger partial charge in [0.05, 0.1) is 12.1 Å². The van der Waals surface area contributed by atoms with E-state index in [1.54, 1.807) is 36.4 Å². The highest BCUT2D eigenvalue weighted by molar-refractivity contribution is 6.10. The number of carbonyl (C=O) groups excluding carboxylic acids is 1. The standard InChI is InChI=1S/C14H7FN2O/c15-13-6-5-12(14(18)9(7-16)8-17)10-3-1-2-4-11(10)13/h1-6,9H. The highest BCUT2D eigenvalue weighted by Gasteiger charge is 2.21. The van der Waals surface area contributed by atoms with E-state index in [0.717, 1.165) is 0 Å². The Balaban J connectivity index is 2.68. The van der Waals surface area contributed by atoms with Crippen molar-refractivity contribution >= 4 is 16.6 Å². The molecule has 0 spiro atoms. The van der Waals surface area contributed by atoms with Gasteiger partial charge in [0.2, 0.25) is 0 Å². The van der Waals surface area contributed by atoms with Crippen LogP contribution in [0, 0.1) is 34.4 Å². The SMILES string of the molecule is N#CC(C#N)C(=O)c1ccc(F)c2ccccc12. The van der Waals surface area contributed by atoms with Crippen LogP contribution >= 0.6 is 0 Å². The van der Waals surface area contributed by atoms with Gasteiger partial charge in [0, 0.05) is 10.9 Å². The average Bonchev–Trinajstić information content (AvgIpc) is 2.41. The number of benzene rings is 2. The first-order valence-corrected chi connectivity index (χ1v) is 5.19. The molecule has 0 aliphatic rings. The predicted molar refractivity (Wildman–Crippen MR) is 63.0 cm³/mol. The van der Waals surface area contributed by atoms with E-state index in [1.807, 2.05) is 0 Å². The molecule has 2 aromatic rings. The van der Waals surface area contributed by atoms with Gasteiger partial charge >= 0.3 is 0 Å². The zero-order chi connectivity index (χ0) is 13.1. The number of carbonyl (C=O) groups is 1. The Hall–Kier alpha value is -2.72. The van der Waals surface area contributed by atoms with Crippen molar-refractivity contribution in [3.05, 3.63) is 47.8 Å². The third-order valence-electron chi connectivity index (χ3n) is 2.66. The molecular weight excluding hydrogens is 231 g/mol. The Kier molecular flexibility index (Phi) is 3.03. The van der Waals surface area contributed by atoms with Crippen LogP contribution in [-0.2, 0) is 0 Å². The van der Waals surface area contributed by atoms with Crippen molar-refractivity contribution in [2.24, 2.45) is 5.92 Å². The van der Waals surface area contributed by atoms with Crippen molar-refractivity contribution < 1.29 is 9.18 Å². The summed E-state index contributed by atoms with van der Waals surface area (Å²) in [4.78, 5) is 12.0. The molecule has 0 heterocycles. The van der Waals surface area contributed by atoms with Gasteiger partial charge in [0.25, 0.3) is 0 Å². The molecule has 0 atom stereocenters. The van der Waals surface area contributed by atoms with Crippen LogP contribution in [0.3, 0.4) is 0 Å². The van der Waals surface area contributed by atoms with E-state index < -0.39 is 17.5 Å². The fourth-order valence-electron chi connectivity index (χ4n) is 1.78. The second-order valence-corrected chi connectivity index (χ2v) is 3.70. The monoisotopic (exact) mass is 238 g/mol. The summed E-state index contributed by atoms with van der Waals surface area (Å²) in [6.07, 6.45) is 0. The van der Waals surface area contributed by atoms with E-state index in [4.69, 9.17) is 10.5 Å². The molecule has 0 saturated heterocycles. The van der Waals surface area contributed by atoms with Crippen LogP contribution in [0.2, 0.25) is 0 Å². The molecule has 2 rings (SSSR count). The maximum atomic E-state index is 13.6. The summed E-state index contributed by atoms with van der Waals surface area (Å²) in [5, 5.41) is 18.2. The largest absolute Gasteiger partial charge is 0.291 e. The molecule has 2 aromatic carbocycles. The van der Waals surface area contributed by atoms with Gasteiger partial charge in [-0.3, -0.25) is 4.79 Å². The molecule has 86 valence electrons. The number of nitrogens with zero attached hydrogens (tertiary/aromatic N) is 2. The average molecular weight is 238 g/mol. The van der Waals surface area contributed by atoms with Gasteiger partial charge in [0.15, 0.2) is 11.7 Å². The van der Waals surface area contributed by atoms with Crippen LogP contribution in [0.5, 0.6) is 0 Å². The molecule has 0 fully saturated rings. The summed E-state index contributed by atoms with van der Waals surface area (Å²) in [5.41, 5.74) is 0.195. The van der Waals surface area contributed by atoms with Crippen LogP contribution in [-0.4, -0.2) is 5.78 Å². The van der Waals surface area contributed by atoms with Crippen LogP contribution in [0.25, 0.3) is 10.8 Å². The zero-order valence-corrected chi connectivity index (χ0v) is 9.22. The van der Waals surface area contributed by atoms with E-state index in [0.29, 0.717) is 10.8 Å². The molecule has 0 amide bonds. The van der Waals surface area contributed by atoms with Crippen LogP contribution in [0.1, 0.15) is 10.4 Å². The molecule has 0 bridgehead atoms. The first-order valence-electron chi connectivity index (χ1n) is 5.19. The smallest absolute Gasteiger partial charge is 0.195 e. The van der Waals surface area contributed by atoms with Gasteiger partial charge in [-0.2, -0.15) is 10.5 Å². The summed E-state index contributed by atoms with van der Waals surface area (Å²) >= 11 is 0. The van der Waals surface area contributed by atoms with Crippen LogP contribution in [0.15, 0.2) is 36.4 Å². The molecule has 0 aromatic heterocycles. The first kappa shape index (κ1) is 11.8. The number of hydrogen-bond acceptors (Lipinski definition) is 3. The Bertz CT molecular complexity index is 696. The molecule has 4 heteroatoms. The lowest BCUT2D eigenvalue weighted by Crippen LogP contribution is -2.11. The maximum Gasteiger partial charge on any atom is 0.195 e. The summed E-state index contributed by atoms with van der Waals surface area (Å²) < 4.78 is 13.6. The Morgan fingerprint density at radius 3 is 2.28 bits per heavy atom. The summed E-state index contributed by atoms with van der Waals surface area (Å²) in [6, 6.07) is 12.2. The van der Waals surface area contributed by atoms with Crippen molar-refractivity contribution in [2.75, 3.05) is 0 Å². The highest BCUT2D eigenvalue weighted by Crippen LogP contribution is 2.23. The molecule has 0 saturated carbocycles. The lowest BCUT2D eigenvalue weighted by atomic mass is 9.95. The number of halogens is 1. The van der Waals surface area contributed by atoms with E-state index in [-0.39, 0.29) is 5.56 Å². The Morgan fingerprint density at radius 1 is 1.06 bits per heavy atom. The molecule has 0 radical (unpaired) electrons. The van der Waals surface area contributed by atoms with Crippen molar-refractivity contribution in [1.82, 2.24) is 0 Å². The lowest BCUT2D eigenvalue weighted by Gasteiger charge is -2.06. The fourth-order valence-corrected chi connectivity index (χ4v) is 1.78. The number of rotatable bonds is 2. The summed E-state index contributed by atoms with van der Waals surface area (Å²) in [5.74, 6) is -2.40. The molecule has 0 unspecified atom stereocenters. The van der Waals surface area contributed by atoms with Gasteiger partial charge in [0.1, 0.15) is 5.82 Å². The first-order chi connectivity index (χ1) is 8.69. The molecule has 0 N–H and O–H groups in total. The summed E-state index contributed by atoms with van der Waals surface area (Å²) in [6.45, 7) is 0. The topological polar surface area (TPSA) is 64.7 Å². The van der Waals surface area contributed by atoms with Gasteiger partial charge in [-0.25, -0.2) is 4.39 Å². The van der Waals surface area contributed by atoms with Gasteiger partial charge in [-0.1, -0.05) is 24.3 Å². The van der Waals surface area contributed by atoms with Crippen molar-refractivity contribution in [3.63, 3.8) is 0 Å². The molecular formula is C14H7FN2O. The van der Waals surface area contributed by atoms with Crippen molar-refractivity contribution in [2.45, 2.75) is 0 Å². The van der Waals surface area contributed by atoms with Crippen LogP contribution in [0.4, 0.5) is 4.39 Å². The minimum atomic E-state index is -1.36. The van der Waals surface area contributed by atoms with Gasteiger partial charge in [-0.05, 0) is 17.5 Å². The van der Waals surface area contributed by atoms with E-state index in [2.05, 4.69) is 0 Å². The lowest BCUT2D eigenvalue weighted by molar-refractivity contribution is 0.0972. The quantitative estimate of drug-likeness (QED) is 0.755. The molecule has 0 aliphatic heterocycles. The van der Waals surface area contributed by atoms with Gasteiger partial charge < -0.3 is 0 Å².